The van der Waals surface area contributed by atoms with Crippen LogP contribution in [0.2, 0.25) is 20.1 Å². The van der Waals surface area contributed by atoms with Crippen molar-refractivity contribution in [1.29, 1.82) is 0 Å². The largest absolute Gasteiger partial charge is 0.352 e. The van der Waals surface area contributed by atoms with E-state index in [2.05, 4.69) is 5.32 Å². The number of hydrogen-bond acceptors (Lipinski definition) is 4. The Labute approximate surface area is 255 Å². The minimum Gasteiger partial charge on any atom is -0.352 e. The molecule has 3 aromatic rings. The van der Waals surface area contributed by atoms with E-state index < -0.39 is 34.4 Å². The van der Waals surface area contributed by atoms with E-state index in [1.807, 2.05) is 0 Å². The van der Waals surface area contributed by atoms with Crippen LogP contribution in [0.5, 0.6) is 0 Å². The van der Waals surface area contributed by atoms with E-state index in [1.54, 1.807) is 57.2 Å². The zero-order valence-electron chi connectivity index (χ0n) is 22.1. The molecule has 12 heteroatoms. The number of nitrogens with zero attached hydrogens (tertiary/aromatic N) is 2. The first kappa shape index (κ1) is 32.0. The summed E-state index contributed by atoms with van der Waals surface area (Å²) in [6, 6.07) is 15.8. The number of amides is 2. The van der Waals surface area contributed by atoms with Gasteiger partial charge >= 0.3 is 0 Å². The quantitative estimate of drug-likeness (QED) is 0.248. The van der Waals surface area contributed by atoms with Gasteiger partial charge in [-0.25, -0.2) is 8.42 Å². The van der Waals surface area contributed by atoms with E-state index in [0.717, 1.165) is 4.31 Å². The Morgan fingerprint density at radius 2 is 1.50 bits per heavy atom. The minimum atomic E-state index is -4.27. The van der Waals surface area contributed by atoms with Crippen molar-refractivity contribution in [3.05, 3.63) is 92.4 Å². The summed E-state index contributed by atoms with van der Waals surface area (Å²) < 4.78 is 28.6. The summed E-state index contributed by atoms with van der Waals surface area (Å²) in [5.74, 6) is -1.05. The Kier molecular flexibility index (Phi) is 11.1. The lowest BCUT2D eigenvalue weighted by Crippen LogP contribution is -2.53. The first-order valence-corrected chi connectivity index (χ1v) is 15.4. The van der Waals surface area contributed by atoms with Gasteiger partial charge in [0.2, 0.25) is 11.8 Å². The number of halogens is 4. The van der Waals surface area contributed by atoms with E-state index in [1.165, 1.54) is 35.2 Å². The highest BCUT2D eigenvalue weighted by Crippen LogP contribution is 2.33. The number of carbonyl (C=O) groups excluding carboxylic acids is 2. The lowest BCUT2D eigenvalue weighted by molar-refractivity contribution is -0.140. The average molecular weight is 645 g/mol. The topological polar surface area (TPSA) is 86.8 Å². The molecular weight excluding hydrogens is 616 g/mol. The number of hydrogen-bond donors (Lipinski definition) is 1. The molecule has 0 aromatic heterocycles. The second-order valence-electron chi connectivity index (χ2n) is 9.23. The molecule has 1 N–H and O–H groups in total. The van der Waals surface area contributed by atoms with Crippen LogP contribution in [-0.4, -0.2) is 43.8 Å². The minimum absolute atomic E-state index is 0.0325. The van der Waals surface area contributed by atoms with E-state index in [0.29, 0.717) is 20.6 Å². The monoisotopic (exact) mass is 643 g/mol. The Balaban J connectivity index is 2.13. The van der Waals surface area contributed by atoms with E-state index >= 15 is 0 Å². The van der Waals surface area contributed by atoms with Gasteiger partial charge in [-0.2, -0.15) is 0 Å². The maximum atomic E-state index is 14.1. The molecule has 0 saturated heterocycles. The molecule has 0 aliphatic rings. The molecule has 2 amide bonds. The number of sulfonamides is 1. The number of benzene rings is 3. The van der Waals surface area contributed by atoms with Gasteiger partial charge in [-0.15, -0.1) is 0 Å². The molecule has 0 radical (unpaired) electrons. The third-order valence-corrected chi connectivity index (χ3v) is 9.02. The zero-order valence-corrected chi connectivity index (χ0v) is 25.9. The van der Waals surface area contributed by atoms with Crippen LogP contribution in [-0.2, 0) is 26.2 Å². The number of anilines is 1. The standard InChI is InChI=1S/C28H29Cl4N3O4S/c1-4-25(28(37)33-18(2)3)34(16-21-22(30)11-8-12-23(21)31)27(36)17-35(26-14-13-19(29)15-24(26)32)40(38,39)20-9-6-5-7-10-20/h5-15,18,25H,4,16-17H2,1-3H3,(H,33,37)/t25-/m1/s1. The maximum Gasteiger partial charge on any atom is 0.264 e. The summed E-state index contributed by atoms with van der Waals surface area (Å²) in [6.45, 7) is 4.57. The van der Waals surface area contributed by atoms with Crippen molar-refractivity contribution in [3.63, 3.8) is 0 Å². The highest BCUT2D eigenvalue weighted by atomic mass is 35.5. The van der Waals surface area contributed by atoms with E-state index in [4.69, 9.17) is 46.4 Å². The molecule has 0 spiro atoms. The van der Waals surface area contributed by atoms with Crippen LogP contribution in [0.1, 0.15) is 32.8 Å². The second kappa shape index (κ2) is 13.9. The van der Waals surface area contributed by atoms with Crippen LogP contribution in [0.3, 0.4) is 0 Å². The van der Waals surface area contributed by atoms with Crippen LogP contribution < -0.4 is 9.62 Å². The van der Waals surface area contributed by atoms with Crippen LogP contribution in [0.4, 0.5) is 5.69 Å². The fraction of sp³-hybridized carbons (Fsp3) is 0.286. The predicted molar refractivity (Wildman–Crippen MR) is 162 cm³/mol. The Hall–Kier alpha value is -2.49. The van der Waals surface area contributed by atoms with Crippen molar-refractivity contribution >= 4 is 73.9 Å². The molecule has 0 unspecified atom stereocenters. The maximum absolute atomic E-state index is 14.1. The normalized spacial score (nSPS) is 12.2. The van der Waals surface area contributed by atoms with Crippen molar-refractivity contribution in [3.8, 4) is 0 Å². The molecule has 3 aromatic carbocycles. The van der Waals surface area contributed by atoms with Gasteiger partial charge in [0.1, 0.15) is 12.6 Å². The molecule has 0 saturated carbocycles. The highest BCUT2D eigenvalue weighted by Gasteiger charge is 2.35. The van der Waals surface area contributed by atoms with Crippen molar-refractivity contribution in [2.45, 2.75) is 50.7 Å². The fourth-order valence-corrected chi connectivity index (χ4v) is 6.60. The Morgan fingerprint density at radius 3 is 2.05 bits per heavy atom. The molecule has 7 nitrogen and oxygen atoms in total. The molecule has 0 fully saturated rings. The SMILES string of the molecule is CC[C@H](C(=O)NC(C)C)N(Cc1c(Cl)cccc1Cl)C(=O)CN(c1ccc(Cl)cc1Cl)S(=O)(=O)c1ccccc1. The van der Waals surface area contributed by atoms with Gasteiger partial charge < -0.3 is 10.2 Å². The number of rotatable bonds is 11. The van der Waals surface area contributed by atoms with Crippen LogP contribution in [0.15, 0.2) is 71.6 Å². The van der Waals surface area contributed by atoms with Crippen molar-refractivity contribution in [1.82, 2.24) is 10.2 Å². The van der Waals surface area contributed by atoms with Gasteiger partial charge in [-0.1, -0.05) is 77.6 Å². The molecule has 40 heavy (non-hydrogen) atoms. The summed E-state index contributed by atoms with van der Waals surface area (Å²) in [5, 5.41) is 3.77. The Bertz CT molecular complexity index is 1450. The summed E-state index contributed by atoms with van der Waals surface area (Å²) >= 11 is 25.3. The molecule has 214 valence electrons. The van der Waals surface area contributed by atoms with E-state index in [9.17, 15) is 18.0 Å². The first-order valence-electron chi connectivity index (χ1n) is 12.4. The number of nitrogens with one attached hydrogen (secondary N) is 1. The van der Waals surface area contributed by atoms with Gasteiger partial charge in [-0.3, -0.25) is 13.9 Å². The van der Waals surface area contributed by atoms with E-state index in [-0.39, 0.29) is 34.6 Å². The van der Waals surface area contributed by atoms with Gasteiger partial charge in [0, 0.05) is 33.2 Å². The highest BCUT2D eigenvalue weighted by molar-refractivity contribution is 7.92. The second-order valence-corrected chi connectivity index (χ2v) is 12.8. The van der Waals surface area contributed by atoms with Crippen LogP contribution in [0.25, 0.3) is 0 Å². The van der Waals surface area contributed by atoms with Crippen LogP contribution in [0, 0.1) is 0 Å². The van der Waals surface area contributed by atoms with Gasteiger partial charge in [-0.05, 0) is 62.7 Å². The smallest absolute Gasteiger partial charge is 0.264 e. The third-order valence-electron chi connectivity index (χ3n) is 6.00. The summed E-state index contributed by atoms with van der Waals surface area (Å²) in [5.41, 5.74) is 0.482. The van der Waals surface area contributed by atoms with Gasteiger partial charge in [0.25, 0.3) is 10.0 Å². The van der Waals surface area contributed by atoms with Crippen molar-refractivity contribution < 1.29 is 18.0 Å². The summed E-state index contributed by atoms with van der Waals surface area (Å²) in [7, 11) is -4.27. The van der Waals surface area contributed by atoms with Gasteiger partial charge in [0.15, 0.2) is 0 Å². The summed E-state index contributed by atoms with van der Waals surface area (Å²) in [6.07, 6.45) is 0.250. The van der Waals surface area contributed by atoms with Crippen molar-refractivity contribution in [2.24, 2.45) is 0 Å². The van der Waals surface area contributed by atoms with Crippen LogP contribution >= 0.6 is 46.4 Å². The lowest BCUT2D eigenvalue weighted by atomic mass is 10.1. The first-order chi connectivity index (χ1) is 18.9. The predicted octanol–water partition coefficient (Wildman–Crippen LogP) is 6.83. The number of carbonyl (C=O) groups is 2. The van der Waals surface area contributed by atoms with Crippen molar-refractivity contribution in [2.75, 3.05) is 10.8 Å². The molecule has 3 rings (SSSR count). The molecule has 1 atom stereocenters. The molecular formula is C28H29Cl4N3O4S. The molecule has 0 aliphatic carbocycles. The molecule has 0 bridgehead atoms. The molecule has 0 heterocycles. The fourth-order valence-electron chi connectivity index (χ4n) is 4.07. The van der Waals surface area contributed by atoms with Gasteiger partial charge in [0.05, 0.1) is 15.6 Å². The lowest BCUT2D eigenvalue weighted by Gasteiger charge is -2.34. The third kappa shape index (κ3) is 7.62. The Morgan fingerprint density at radius 1 is 0.875 bits per heavy atom. The zero-order chi connectivity index (χ0) is 29.6. The summed E-state index contributed by atoms with van der Waals surface area (Å²) in [4.78, 5) is 28.6. The average Bonchev–Trinajstić information content (AvgIpc) is 2.89. The molecule has 0 aliphatic heterocycles.